The summed E-state index contributed by atoms with van der Waals surface area (Å²) in [6.07, 6.45) is 0.576. The van der Waals surface area contributed by atoms with E-state index in [1.807, 2.05) is 20.8 Å². The molecule has 0 radical (unpaired) electrons. The van der Waals surface area contributed by atoms with E-state index < -0.39 is 11.6 Å². The van der Waals surface area contributed by atoms with E-state index in [9.17, 15) is 9.59 Å². The van der Waals surface area contributed by atoms with Crippen LogP contribution in [-0.2, 0) is 16.0 Å². The van der Waals surface area contributed by atoms with Gasteiger partial charge < -0.3 is 20.1 Å². The molecular weight excluding hydrogens is 426 g/mol. The lowest BCUT2D eigenvalue weighted by Crippen LogP contribution is -2.42. The van der Waals surface area contributed by atoms with E-state index in [2.05, 4.69) is 20.8 Å². The molecule has 1 fully saturated rings. The van der Waals surface area contributed by atoms with Crippen molar-refractivity contribution in [3.05, 3.63) is 27.7 Å². The van der Waals surface area contributed by atoms with Crippen molar-refractivity contribution in [1.82, 2.24) is 9.80 Å². The first-order valence-corrected chi connectivity index (χ1v) is 10.2. The number of nitrogen functional groups attached to an aromatic ring is 1. The van der Waals surface area contributed by atoms with Crippen molar-refractivity contribution in [3.63, 3.8) is 0 Å². The van der Waals surface area contributed by atoms with Gasteiger partial charge in [0.15, 0.2) is 0 Å². The summed E-state index contributed by atoms with van der Waals surface area (Å²) in [5, 5.41) is 0. The molecule has 1 aliphatic rings. The first-order valence-electron chi connectivity index (χ1n) is 9.45. The van der Waals surface area contributed by atoms with E-state index in [1.54, 1.807) is 31.0 Å². The number of carbonyl (C=O) groups is 2. The molecule has 1 saturated heterocycles. The largest absolute Gasteiger partial charge is 0.462 e. The standard InChI is InChI=1S/C20H30BrN3O4/c1-6-27-18(25)15-10-16(21)13(9-17(15)22)11-24-8-7-14(12-24)23(5)19(26)28-20(2,3)4/h9-10,14H,6-8,11-12,22H2,1-5H3. The molecule has 1 atom stereocenters. The molecule has 1 aromatic rings. The van der Waals surface area contributed by atoms with E-state index in [-0.39, 0.29) is 12.1 Å². The third-order valence-corrected chi connectivity index (χ3v) is 5.32. The Bertz CT molecular complexity index is 733. The molecule has 28 heavy (non-hydrogen) atoms. The van der Waals surface area contributed by atoms with Crippen molar-refractivity contribution in [3.8, 4) is 0 Å². The van der Waals surface area contributed by atoms with Crippen molar-refractivity contribution in [1.29, 1.82) is 0 Å². The van der Waals surface area contributed by atoms with Crippen LogP contribution in [0.4, 0.5) is 10.5 Å². The minimum atomic E-state index is -0.507. The smallest absolute Gasteiger partial charge is 0.410 e. The van der Waals surface area contributed by atoms with E-state index in [1.165, 1.54) is 0 Å². The van der Waals surface area contributed by atoms with Gasteiger partial charge in [-0.2, -0.15) is 0 Å². The molecule has 1 aliphatic heterocycles. The minimum Gasteiger partial charge on any atom is -0.462 e. The Labute approximate surface area is 175 Å². The van der Waals surface area contributed by atoms with E-state index in [0.717, 1.165) is 29.5 Å². The number of halogens is 1. The molecule has 0 aliphatic carbocycles. The Morgan fingerprint density at radius 1 is 1.36 bits per heavy atom. The molecule has 0 aromatic heterocycles. The molecule has 8 heteroatoms. The van der Waals surface area contributed by atoms with Crippen LogP contribution in [0.2, 0.25) is 0 Å². The SMILES string of the molecule is CCOC(=O)c1cc(Br)c(CN2CCC(N(C)C(=O)OC(C)(C)C)C2)cc1N. The number of amides is 1. The Kier molecular flexibility index (Phi) is 7.33. The fourth-order valence-corrected chi connectivity index (χ4v) is 3.61. The van der Waals surface area contributed by atoms with Gasteiger partial charge in [0.2, 0.25) is 0 Å². The summed E-state index contributed by atoms with van der Waals surface area (Å²) >= 11 is 3.53. The van der Waals surface area contributed by atoms with Gasteiger partial charge in [0.05, 0.1) is 12.2 Å². The number of nitrogens with zero attached hydrogens (tertiary/aromatic N) is 2. The summed E-state index contributed by atoms with van der Waals surface area (Å²) in [7, 11) is 1.78. The number of esters is 1. The maximum atomic E-state index is 12.3. The quantitative estimate of drug-likeness (QED) is 0.538. The van der Waals surface area contributed by atoms with Crippen molar-refractivity contribution < 1.29 is 19.1 Å². The van der Waals surface area contributed by atoms with Gasteiger partial charge in [-0.3, -0.25) is 4.90 Å². The highest BCUT2D eigenvalue weighted by atomic mass is 79.9. The molecular formula is C20H30BrN3O4. The van der Waals surface area contributed by atoms with Gasteiger partial charge in [0.25, 0.3) is 0 Å². The second-order valence-electron chi connectivity index (χ2n) is 8.02. The minimum absolute atomic E-state index is 0.102. The van der Waals surface area contributed by atoms with Gasteiger partial charge in [0.1, 0.15) is 5.60 Å². The predicted octanol–water partition coefficient (Wildman–Crippen LogP) is 3.65. The van der Waals surface area contributed by atoms with Crippen LogP contribution in [0.5, 0.6) is 0 Å². The number of likely N-dealkylation sites (N-methyl/N-ethyl adjacent to an activating group) is 1. The maximum absolute atomic E-state index is 12.3. The van der Waals surface area contributed by atoms with Crippen LogP contribution in [0.25, 0.3) is 0 Å². The highest BCUT2D eigenvalue weighted by Crippen LogP contribution is 2.27. The van der Waals surface area contributed by atoms with Crippen LogP contribution >= 0.6 is 15.9 Å². The molecule has 0 saturated carbocycles. The molecule has 156 valence electrons. The molecule has 0 spiro atoms. The first-order chi connectivity index (χ1) is 13.0. The number of likely N-dealkylation sites (tertiary alicyclic amines) is 1. The molecule has 1 aromatic carbocycles. The lowest BCUT2D eigenvalue weighted by molar-refractivity contribution is 0.0228. The lowest BCUT2D eigenvalue weighted by Gasteiger charge is -2.28. The zero-order chi connectivity index (χ0) is 21.1. The average Bonchev–Trinajstić information content (AvgIpc) is 3.04. The zero-order valence-electron chi connectivity index (χ0n) is 17.3. The Hall–Kier alpha value is -1.80. The third kappa shape index (κ3) is 5.85. The molecule has 1 heterocycles. The number of anilines is 1. The topological polar surface area (TPSA) is 85.1 Å². The van der Waals surface area contributed by atoms with Crippen molar-refractivity contribution in [2.24, 2.45) is 0 Å². The molecule has 1 unspecified atom stereocenters. The highest BCUT2D eigenvalue weighted by molar-refractivity contribution is 9.10. The van der Waals surface area contributed by atoms with Crippen molar-refractivity contribution in [2.75, 3.05) is 32.5 Å². The van der Waals surface area contributed by atoms with Crippen LogP contribution in [-0.4, -0.2) is 60.2 Å². The molecule has 1 amide bonds. The maximum Gasteiger partial charge on any atom is 0.410 e. The van der Waals surface area contributed by atoms with Crippen LogP contribution < -0.4 is 5.73 Å². The number of rotatable bonds is 5. The van der Waals surface area contributed by atoms with Crippen LogP contribution in [0, 0.1) is 0 Å². The van der Waals surface area contributed by atoms with Gasteiger partial charge in [-0.05, 0) is 51.8 Å². The fourth-order valence-electron chi connectivity index (χ4n) is 3.14. The number of nitrogens with two attached hydrogens (primary N) is 1. The fraction of sp³-hybridized carbons (Fsp3) is 0.600. The summed E-state index contributed by atoms with van der Waals surface area (Å²) in [5.74, 6) is -0.424. The highest BCUT2D eigenvalue weighted by Gasteiger charge is 2.31. The van der Waals surface area contributed by atoms with Crippen LogP contribution in [0.3, 0.4) is 0 Å². The molecule has 2 rings (SSSR count). The lowest BCUT2D eigenvalue weighted by atomic mass is 10.1. The summed E-state index contributed by atoms with van der Waals surface area (Å²) in [6, 6.07) is 3.62. The van der Waals surface area contributed by atoms with Gasteiger partial charge in [-0.1, -0.05) is 15.9 Å². The summed E-state index contributed by atoms with van der Waals surface area (Å²) < 4.78 is 11.3. The van der Waals surface area contributed by atoms with E-state index in [4.69, 9.17) is 15.2 Å². The number of benzene rings is 1. The van der Waals surface area contributed by atoms with Crippen molar-refractivity contribution in [2.45, 2.75) is 52.3 Å². The van der Waals surface area contributed by atoms with Gasteiger partial charge in [-0.15, -0.1) is 0 Å². The average molecular weight is 456 g/mol. The number of ether oxygens (including phenoxy) is 2. The Balaban J connectivity index is 2.01. The Morgan fingerprint density at radius 3 is 2.64 bits per heavy atom. The number of hydrogen-bond donors (Lipinski definition) is 1. The second kappa shape index (κ2) is 9.13. The molecule has 7 nitrogen and oxygen atoms in total. The summed E-state index contributed by atoms with van der Waals surface area (Å²) in [5.41, 5.74) is 7.31. The molecule has 2 N–H and O–H groups in total. The van der Waals surface area contributed by atoms with Gasteiger partial charge in [-0.25, -0.2) is 9.59 Å². The zero-order valence-corrected chi connectivity index (χ0v) is 18.8. The van der Waals surface area contributed by atoms with E-state index in [0.29, 0.717) is 24.4 Å². The Morgan fingerprint density at radius 2 is 2.04 bits per heavy atom. The van der Waals surface area contributed by atoms with Crippen LogP contribution in [0.15, 0.2) is 16.6 Å². The third-order valence-electron chi connectivity index (χ3n) is 4.58. The second-order valence-corrected chi connectivity index (χ2v) is 8.87. The van der Waals surface area contributed by atoms with Crippen LogP contribution in [0.1, 0.15) is 50.0 Å². The number of hydrogen-bond acceptors (Lipinski definition) is 6. The molecule has 0 bridgehead atoms. The monoisotopic (exact) mass is 455 g/mol. The van der Waals surface area contributed by atoms with Gasteiger partial charge in [0, 0.05) is 42.9 Å². The normalized spacial score (nSPS) is 17.4. The van der Waals surface area contributed by atoms with E-state index >= 15 is 0 Å². The number of carbonyl (C=O) groups excluding carboxylic acids is 2. The summed E-state index contributed by atoms with van der Waals surface area (Å²) in [4.78, 5) is 28.2. The van der Waals surface area contributed by atoms with Gasteiger partial charge >= 0.3 is 12.1 Å². The first kappa shape index (κ1) is 22.5. The summed E-state index contributed by atoms with van der Waals surface area (Å²) in [6.45, 7) is 9.94. The van der Waals surface area contributed by atoms with Crippen molar-refractivity contribution >= 4 is 33.7 Å². The predicted molar refractivity (Wildman–Crippen MR) is 112 cm³/mol.